The van der Waals surface area contributed by atoms with Crippen molar-refractivity contribution in [2.75, 3.05) is 13.1 Å². The Kier molecular flexibility index (Phi) is 4.36. The molecule has 29 heavy (non-hydrogen) atoms. The van der Waals surface area contributed by atoms with Crippen molar-refractivity contribution in [2.45, 2.75) is 43.0 Å². The number of nitrogens with zero attached hydrogens (tertiary/aromatic N) is 4. The summed E-state index contributed by atoms with van der Waals surface area (Å²) < 4.78 is 31.3. The van der Waals surface area contributed by atoms with Crippen molar-refractivity contribution in [1.82, 2.24) is 18.4 Å². The highest BCUT2D eigenvalue weighted by atomic mass is 32.2. The zero-order valence-corrected chi connectivity index (χ0v) is 17.2. The first kappa shape index (κ1) is 18.6. The number of sulfonamides is 1. The molecule has 7 nitrogen and oxygen atoms in total. The highest BCUT2D eigenvalue weighted by Crippen LogP contribution is 2.30. The summed E-state index contributed by atoms with van der Waals surface area (Å²) in [5.41, 5.74) is 3.63. The molecule has 0 amide bonds. The molecule has 0 bridgehead atoms. The van der Waals surface area contributed by atoms with Gasteiger partial charge in [-0.25, -0.2) is 18.2 Å². The maximum atomic E-state index is 13.3. The molecule has 0 spiro atoms. The van der Waals surface area contributed by atoms with Crippen molar-refractivity contribution in [3.8, 4) is 0 Å². The van der Waals surface area contributed by atoms with Crippen molar-refractivity contribution >= 4 is 21.2 Å². The monoisotopic (exact) mass is 412 g/mol. The van der Waals surface area contributed by atoms with Crippen molar-refractivity contribution in [2.24, 2.45) is 7.05 Å². The van der Waals surface area contributed by atoms with E-state index in [1.807, 2.05) is 18.2 Å². The summed E-state index contributed by atoms with van der Waals surface area (Å²) in [6, 6.07) is 8.99. The highest BCUT2D eigenvalue weighted by molar-refractivity contribution is 7.89. The predicted molar refractivity (Wildman–Crippen MR) is 110 cm³/mol. The second-order valence-corrected chi connectivity index (χ2v) is 9.94. The Balaban J connectivity index is 1.47. The van der Waals surface area contributed by atoms with Gasteiger partial charge in [-0.05, 0) is 67.5 Å². The van der Waals surface area contributed by atoms with E-state index in [1.54, 1.807) is 34.5 Å². The molecular formula is C21H24N4O3S. The van der Waals surface area contributed by atoms with Gasteiger partial charge in [0.2, 0.25) is 10.0 Å². The van der Waals surface area contributed by atoms with Crippen LogP contribution in [0.2, 0.25) is 0 Å². The number of pyridine rings is 1. The third-order valence-electron chi connectivity index (χ3n) is 6.30. The Hall–Kier alpha value is -2.45. The maximum Gasteiger partial charge on any atom is 0.330 e. The van der Waals surface area contributed by atoms with Gasteiger partial charge in [-0.3, -0.25) is 9.13 Å². The molecule has 3 heterocycles. The molecule has 0 saturated carbocycles. The lowest BCUT2D eigenvalue weighted by molar-refractivity contribution is 0.449. The summed E-state index contributed by atoms with van der Waals surface area (Å²) in [7, 11) is -1.86. The standard InChI is InChI=1S/C21H24N4O3S/c1-23-19-7-4-11-22-20(19)25(21(23)26)17-10-12-24(14-17)29(27,28)18-9-8-15-5-2-3-6-16(15)13-18/h4,7-9,11,13,17H,2-3,5-6,10,12,14H2,1H3/t17-/m1/s1. The van der Waals surface area contributed by atoms with Gasteiger partial charge in [-0.15, -0.1) is 0 Å². The van der Waals surface area contributed by atoms with Gasteiger partial charge in [0.25, 0.3) is 0 Å². The molecule has 0 radical (unpaired) electrons. The quantitative estimate of drug-likeness (QED) is 0.661. The van der Waals surface area contributed by atoms with Gasteiger partial charge in [0.15, 0.2) is 5.65 Å². The van der Waals surface area contributed by atoms with E-state index < -0.39 is 10.0 Å². The molecule has 0 unspecified atom stereocenters. The fourth-order valence-electron chi connectivity index (χ4n) is 4.68. The topological polar surface area (TPSA) is 77.2 Å². The third-order valence-corrected chi connectivity index (χ3v) is 8.16. The number of aromatic nitrogens is 3. The molecule has 5 rings (SSSR count). The Morgan fingerprint density at radius 1 is 1.10 bits per heavy atom. The summed E-state index contributed by atoms with van der Waals surface area (Å²) in [6.07, 6.45) is 6.51. The molecule has 1 aromatic carbocycles. The molecule has 3 aromatic rings. The van der Waals surface area contributed by atoms with E-state index in [-0.39, 0.29) is 18.3 Å². The number of fused-ring (bicyclic) bond motifs is 2. The minimum atomic E-state index is -3.58. The minimum absolute atomic E-state index is 0.156. The Labute approximate surface area is 169 Å². The smallest absolute Gasteiger partial charge is 0.293 e. The molecule has 1 aliphatic heterocycles. The number of hydrogen-bond acceptors (Lipinski definition) is 4. The highest BCUT2D eigenvalue weighted by Gasteiger charge is 2.35. The largest absolute Gasteiger partial charge is 0.330 e. The minimum Gasteiger partial charge on any atom is -0.293 e. The molecule has 1 saturated heterocycles. The van der Waals surface area contributed by atoms with E-state index in [9.17, 15) is 13.2 Å². The van der Waals surface area contributed by atoms with Crippen LogP contribution >= 0.6 is 0 Å². The van der Waals surface area contributed by atoms with E-state index >= 15 is 0 Å². The molecule has 1 fully saturated rings. The lowest BCUT2D eigenvalue weighted by Gasteiger charge is -2.20. The number of imidazole rings is 1. The summed E-state index contributed by atoms with van der Waals surface area (Å²) in [5.74, 6) is 0. The van der Waals surface area contributed by atoms with E-state index in [0.717, 1.165) is 30.3 Å². The van der Waals surface area contributed by atoms with Gasteiger partial charge in [0, 0.05) is 26.3 Å². The first-order valence-electron chi connectivity index (χ1n) is 10.1. The van der Waals surface area contributed by atoms with Gasteiger partial charge in [0.1, 0.15) is 0 Å². The normalized spacial score (nSPS) is 20.2. The lowest BCUT2D eigenvalue weighted by atomic mass is 9.92. The number of aryl methyl sites for hydroxylation is 3. The Bertz CT molecular complexity index is 1260. The van der Waals surface area contributed by atoms with Gasteiger partial charge in [0.05, 0.1) is 16.5 Å². The molecule has 152 valence electrons. The Morgan fingerprint density at radius 3 is 2.72 bits per heavy atom. The lowest BCUT2D eigenvalue weighted by Crippen LogP contribution is -2.32. The van der Waals surface area contributed by atoms with Crippen LogP contribution in [0, 0.1) is 0 Å². The van der Waals surface area contributed by atoms with Crippen LogP contribution in [0.4, 0.5) is 0 Å². The molecule has 1 atom stereocenters. The summed E-state index contributed by atoms with van der Waals surface area (Å²) >= 11 is 0. The van der Waals surface area contributed by atoms with Crippen LogP contribution in [0.25, 0.3) is 11.2 Å². The van der Waals surface area contributed by atoms with Gasteiger partial charge in [-0.2, -0.15) is 4.31 Å². The van der Waals surface area contributed by atoms with Gasteiger partial charge in [-0.1, -0.05) is 6.07 Å². The average molecular weight is 413 g/mol. The van der Waals surface area contributed by atoms with Crippen LogP contribution in [0.15, 0.2) is 46.2 Å². The molecule has 0 N–H and O–H groups in total. The summed E-state index contributed by atoms with van der Waals surface area (Å²) in [5, 5.41) is 0. The zero-order chi connectivity index (χ0) is 20.2. The summed E-state index contributed by atoms with van der Waals surface area (Å²) in [6.45, 7) is 0.689. The van der Waals surface area contributed by atoms with Gasteiger partial charge >= 0.3 is 5.69 Å². The molecule has 2 aromatic heterocycles. The zero-order valence-electron chi connectivity index (χ0n) is 16.4. The number of rotatable bonds is 3. The van der Waals surface area contributed by atoms with Crippen LogP contribution in [0.3, 0.4) is 0 Å². The first-order chi connectivity index (χ1) is 14.0. The fraction of sp³-hybridized carbons (Fsp3) is 0.429. The van der Waals surface area contributed by atoms with Crippen LogP contribution in [-0.2, 0) is 29.9 Å². The SMILES string of the molecule is Cn1c(=O)n([C@@H]2CCN(S(=O)(=O)c3ccc4c(c3)CCCC4)C2)c2ncccc21. The molecule has 1 aliphatic carbocycles. The predicted octanol–water partition coefficient (Wildman–Crippen LogP) is 2.25. The van der Waals surface area contributed by atoms with E-state index in [2.05, 4.69) is 4.98 Å². The summed E-state index contributed by atoms with van der Waals surface area (Å²) in [4.78, 5) is 17.5. The third kappa shape index (κ3) is 2.93. The van der Waals surface area contributed by atoms with E-state index in [4.69, 9.17) is 0 Å². The molecule has 2 aliphatic rings. The second-order valence-electron chi connectivity index (χ2n) is 8.00. The van der Waals surface area contributed by atoms with Crippen LogP contribution in [0.5, 0.6) is 0 Å². The van der Waals surface area contributed by atoms with Crippen molar-refractivity contribution < 1.29 is 8.42 Å². The van der Waals surface area contributed by atoms with Crippen LogP contribution in [-0.4, -0.2) is 39.9 Å². The Morgan fingerprint density at radius 2 is 1.90 bits per heavy atom. The van der Waals surface area contributed by atoms with Crippen molar-refractivity contribution in [1.29, 1.82) is 0 Å². The van der Waals surface area contributed by atoms with E-state index in [1.165, 1.54) is 16.3 Å². The van der Waals surface area contributed by atoms with Gasteiger partial charge < -0.3 is 0 Å². The van der Waals surface area contributed by atoms with Crippen LogP contribution in [0.1, 0.15) is 36.4 Å². The average Bonchev–Trinajstić information content (AvgIpc) is 3.32. The number of benzene rings is 1. The number of hydrogen-bond donors (Lipinski definition) is 0. The van der Waals surface area contributed by atoms with Crippen molar-refractivity contribution in [3.63, 3.8) is 0 Å². The second kappa shape index (κ2) is 6.81. The molecular weight excluding hydrogens is 388 g/mol. The van der Waals surface area contributed by atoms with Crippen LogP contribution < -0.4 is 5.69 Å². The molecule has 8 heteroatoms. The van der Waals surface area contributed by atoms with E-state index in [0.29, 0.717) is 23.5 Å². The first-order valence-corrected chi connectivity index (χ1v) is 11.5. The van der Waals surface area contributed by atoms with Crippen molar-refractivity contribution in [3.05, 3.63) is 58.1 Å². The maximum absolute atomic E-state index is 13.3. The fourth-order valence-corrected chi connectivity index (χ4v) is 6.22.